The van der Waals surface area contributed by atoms with Crippen molar-refractivity contribution in [3.05, 3.63) is 23.9 Å². The summed E-state index contributed by atoms with van der Waals surface area (Å²) >= 11 is 0. The Labute approximate surface area is 131 Å². The number of aromatic nitrogens is 1. The molecule has 1 aliphatic heterocycles. The molecule has 0 radical (unpaired) electrons. The van der Waals surface area contributed by atoms with Gasteiger partial charge in [-0.2, -0.15) is 0 Å². The normalized spacial score (nSPS) is 17.0. The number of carbonyl (C=O) groups is 1. The summed E-state index contributed by atoms with van der Waals surface area (Å²) in [6, 6.07) is 3.55. The summed E-state index contributed by atoms with van der Waals surface area (Å²) in [5.74, 6) is 1.04. The molecule has 6 nitrogen and oxygen atoms in total. The van der Waals surface area contributed by atoms with Crippen molar-refractivity contribution in [1.29, 1.82) is 0 Å². The van der Waals surface area contributed by atoms with Crippen molar-refractivity contribution in [2.24, 2.45) is 11.7 Å². The summed E-state index contributed by atoms with van der Waals surface area (Å²) in [5, 5.41) is 6.14. The van der Waals surface area contributed by atoms with E-state index in [4.69, 9.17) is 10.5 Å². The predicted molar refractivity (Wildman–Crippen MR) is 86.6 cm³/mol. The molecule has 0 aliphatic carbocycles. The van der Waals surface area contributed by atoms with Crippen LogP contribution in [0.4, 0.5) is 5.82 Å². The Hall–Kier alpha value is -1.66. The van der Waals surface area contributed by atoms with E-state index in [0.717, 1.165) is 37.2 Å². The minimum absolute atomic E-state index is 0.0552. The van der Waals surface area contributed by atoms with Crippen LogP contribution in [0.3, 0.4) is 0 Å². The lowest BCUT2D eigenvalue weighted by atomic mass is 9.92. The molecule has 4 N–H and O–H groups in total. The smallest absolute Gasteiger partial charge is 0.237 e. The first-order chi connectivity index (χ1) is 10.7. The molecule has 0 bridgehead atoms. The van der Waals surface area contributed by atoms with Crippen LogP contribution in [0.2, 0.25) is 0 Å². The van der Waals surface area contributed by atoms with Crippen molar-refractivity contribution >= 4 is 11.7 Å². The van der Waals surface area contributed by atoms with Crippen LogP contribution in [0.15, 0.2) is 18.3 Å². The third kappa shape index (κ3) is 5.27. The van der Waals surface area contributed by atoms with Gasteiger partial charge in [0.2, 0.25) is 5.91 Å². The van der Waals surface area contributed by atoms with Gasteiger partial charge in [0.1, 0.15) is 5.82 Å². The highest BCUT2D eigenvalue weighted by Crippen LogP contribution is 2.17. The van der Waals surface area contributed by atoms with Crippen LogP contribution >= 0.6 is 0 Å². The topological polar surface area (TPSA) is 89.3 Å². The Balaban J connectivity index is 1.59. The van der Waals surface area contributed by atoms with Gasteiger partial charge in [-0.15, -0.1) is 0 Å². The predicted octanol–water partition coefficient (Wildman–Crippen LogP) is 1.06. The summed E-state index contributed by atoms with van der Waals surface area (Å²) in [6.45, 7) is 4.81. The summed E-state index contributed by atoms with van der Waals surface area (Å²) in [5.41, 5.74) is 7.16. The van der Waals surface area contributed by atoms with E-state index >= 15 is 0 Å². The molecule has 6 heteroatoms. The van der Waals surface area contributed by atoms with Crippen molar-refractivity contribution in [2.45, 2.75) is 32.2 Å². The second kappa shape index (κ2) is 8.70. The SMILES string of the molecule is Cc1ccc(NCCCNC(=O)C(N)C2CCOCC2)nc1. The molecule has 0 aromatic carbocycles. The third-order valence-electron chi connectivity index (χ3n) is 3.95. The zero-order chi connectivity index (χ0) is 15.8. The summed E-state index contributed by atoms with van der Waals surface area (Å²) in [7, 11) is 0. The highest BCUT2D eigenvalue weighted by Gasteiger charge is 2.26. The van der Waals surface area contributed by atoms with Gasteiger partial charge < -0.3 is 21.1 Å². The Morgan fingerprint density at radius 3 is 2.86 bits per heavy atom. The lowest BCUT2D eigenvalue weighted by Gasteiger charge is -2.26. The molecule has 1 fully saturated rings. The Kier molecular flexibility index (Phi) is 6.61. The van der Waals surface area contributed by atoms with Gasteiger partial charge in [0, 0.05) is 32.5 Å². The number of nitrogens with one attached hydrogen (secondary N) is 2. The largest absolute Gasteiger partial charge is 0.381 e. The van der Waals surface area contributed by atoms with Gasteiger partial charge in [-0.1, -0.05) is 6.07 Å². The average Bonchev–Trinajstić information content (AvgIpc) is 2.56. The van der Waals surface area contributed by atoms with Crippen LogP contribution in [-0.4, -0.2) is 43.2 Å². The second-order valence-corrected chi connectivity index (χ2v) is 5.77. The molecule has 1 unspecified atom stereocenters. The van der Waals surface area contributed by atoms with Gasteiger partial charge in [0.25, 0.3) is 0 Å². The number of carbonyl (C=O) groups excluding carboxylic acids is 1. The van der Waals surface area contributed by atoms with Crippen molar-refractivity contribution in [2.75, 3.05) is 31.6 Å². The van der Waals surface area contributed by atoms with Crippen molar-refractivity contribution in [3.63, 3.8) is 0 Å². The monoisotopic (exact) mass is 306 g/mol. The number of hydrogen-bond donors (Lipinski definition) is 3. The van der Waals surface area contributed by atoms with Gasteiger partial charge in [0.15, 0.2) is 0 Å². The molecule has 2 heterocycles. The first-order valence-electron chi connectivity index (χ1n) is 7.94. The molecule has 0 saturated carbocycles. The summed E-state index contributed by atoms with van der Waals surface area (Å²) < 4.78 is 5.29. The van der Waals surface area contributed by atoms with Crippen molar-refractivity contribution in [3.8, 4) is 0 Å². The quantitative estimate of drug-likeness (QED) is 0.656. The van der Waals surface area contributed by atoms with Gasteiger partial charge in [-0.05, 0) is 43.7 Å². The molecular formula is C16H26N4O2. The van der Waals surface area contributed by atoms with Crippen LogP contribution in [0.25, 0.3) is 0 Å². The summed E-state index contributed by atoms with van der Waals surface area (Å²) in [4.78, 5) is 16.3. The molecule has 1 aliphatic rings. The Morgan fingerprint density at radius 2 is 2.18 bits per heavy atom. The van der Waals surface area contributed by atoms with Gasteiger partial charge >= 0.3 is 0 Å². The number of rotatable bonds is 7. The minimum atomic E-state index is -0.421. The first kappa shape index (κ1) is 16.7. The summed E-state index contributed by atoms with van der Waals surface area (Å²) in [6.07, 6.45) is 4.41. The minimum Gasteiger partial charge on any atom is -0.381 e. The van der Waals surface area contributed by atoms with Crippen LogP contribution in [-0.2, 0) is 9.53 Å². The number of nitrogens with two attached hydrogens (primary N) is 1. The van der Waals surface area contributed by atoms with E-state index in [2.05, 4.69) is 15.6 Å². The fourth-order valence-electron chi connectivity index (χ4n) is 2.50. The molecule has 1 aromatic rings. The highest BCUT2D eigenvalue weighted by molar-refractivity contribution is 5.81. The van der Waals surface area contributed by atoms with E-state index in [9.17, 15) is 4.79 Å². The zero-order valence-electron chi connectivity index (χ0n) is 13.2. The molecule has 1 amide bonds. The van der Waals surface area contributed by atoms with E-state index in [0.29, 0.717) is 19.8 Å². The number of anilines is 1. The third-order valence-corrected chi connectivity index (χ3v) is 3.95. The number of amides is 1. The van der Waals surface area contributed by atoms with E-state index in [1.54, 1.807) is 0 Å². The van der Waals surface area contributed by atoms with E-state index < -0.39 is 6.04 Å². The van der Waals surface area contributed by atoms with Crippen LogP contribution in [0.5, 0.6) is 0 Å². The maximum absolute atomic E-state index is 12.0. The molecule has 1 aromatic heterocycles. The zero-order valence-corrected chi connectivity index (χ0v) is 13.2. The molecule has 1 atom stereocenters. The van der Waals surface area contributed by atoms with Crippen LogP contribution < -0.4 is 16.4 Å². The van der Waals surface area contributed by atoms with Crippen LogP contribution in [0.1, 0.15) is 24.8 Å². The second-order valence-electron chi connectivity index (χ2n) is 5.77. The van der Waals surface area contributed by atoms with E-state index in [-0.39, 0.29) is 11.8 Å². The maximum Gasteiger partial charge on any atom is 0.237 e. The van der Waals surface area contributed by atoms with Gasteiger partial charge in [-0.3, -0.25) is 4.79 Å². The number of pyridine rings is 1. The maximum atomic E-state index is 12.0. The van der Waals surface area contributed by atoms with Crippen LogP contribution in [0, 0.1) is 12.8 Å². The first-order valence-corrected chi connectivity index (χ1v) is 7.94. The number of hydrogen-bond acceptors (Lipinski definition) is 5. The molecule has 1 saturated heterocycles. The Bertz CT molecular complexity index is 458. The molecular weight excluding hydrogens is 280 g/mol. The van der Waals surface area contributed by atoms with Crippen molar-refractivity contribution in [1.82, 2.24) is 10.3 Å². The standard InChI is InChI=1S/C16H26N4O2/c1-12-3-4-14(20-11-12)18-7-2-8-19-16(21)15(17)13-5-9-22-10-6-13/h3-4,11,13,15H,2,5-10,17H2,1H3,(H,18,20)(H,19,21). The molecule has 0 spiro atoms. The van der Waals surface area contributed by atoms with Gasteiger partial charge in [0.05, 0.1) is 6.04 Å². The molecule has 122 valence electrons. The lowest BCUT2D eigenvalue weighted by molar-refractivity contribution is -0.124. The lowest BCUT2D eigenvalue weighted by Crippen LogP contribution is -2.47. The van der Waals surface area contributed by atoms with E-state index in [1.165, 1.54) is 0 Å². The Morgan fingerprint density at radius 1 is 1.41 bits per heavy atom. The molecule has 2 rings (SSSR count). The number of aryl methyl sites for hydroxylation is 1. The average molecular weight is 306 g/mol. The number of ether oxygens (including phenoxy) is 1. The highest BCUT2D eigenvalue weighted by atomic mass is 16.5. The fourth-order valence-corrected chi connectivity index (χ4v) is 2.50. The molecule has 22 heavy (non-hydrogen) atoms. The number of nitrogens with zero attached hydrogens (tertiary/aromatic N) is 1. The fraction of sp³-hybridized carbons (Fsp3) is 0.625. The van der Waals surface area contributed by atoms with Crippen molar-refractivity contribution < 1.29 is 9.53 Å². The van der Waals surface area contributed by atoms with Gasteiger partial charge in [-0.25, -0.2) is 4.98 Å². The van der Waals surface area contributed by atoms with E-state index in [1.807, 2.05) is 25.3 Å².